The zero-order chi connectivity index (χ0) is 62.1. The second-order valence-electron chi connectivity index (χ2n) is 16.4. The molecule has 0 aromatic rings. The molecule has 6 atom stereocenters. The number of hydrogen-bond donors (Lipinski definition) is 21. The molecule has 19 amide bonds. The fraction of sp³-hybridized carbons (Fsp3) is 0.500. The minimum atomic E-state index is -2.01. The average molecular weight is 1160 g/mol. The summed E-state index contributed by atoms with van der Waals surface area (Å²) < 4.78 is 0. The van der Waals surface area contributed by atoms with Crippen LogP contribution in [0.15, 0.2) is 0 Å². The van der Waals surface area contributed by atoms with Crippen molar-refractivity contribution in [1.82, 2.24) is 69.1 Å². The van der Waals surface area contributed by atoms with Crippen molar-refractivity contribution in [2.45, 2.75) is 74.8 Å². The van der Waals surface area contributed by atoms with Crippen molar-refractivity contribution in [3.63, 3.8) is 0 Å². The van der Waals surface area contributed by atoms with Gasteiger partial charge < -0.3 is 114 Å². The standard InChI is InChI=1S/C40H62N20O21/c41-7-27(67)48-8-28(68)49-9-29(69)51-12-32(72)55-17(3-23(44)63)37(78)59-19(5-25(46)65)39(80)57-15(1-21(42)61)35(76)53-11-31(71)50-10-30(70)52-13-33(73)56-18(4-24(45)64)38(79)60-20(6-26(47)66)40(81)58-16(2-22(43)62)36(77)54-14-34(74)75/h15-20H,1-14,41H2,(H2,42,61)(H2,43,62)(H2,44,63)(H2,45,64)(H2,46,65)(H2,47,66)(H,48,67)(H,49,68)(H,50,71)(H,51,69)(H,52,70)(H,53,76)(H,54,77)(H,55,72)(H,56,73)(H,57,80)(H,58,81)(H,59,78)(H,60,79)(H,74,75)/t15-,16-,17-,18-,19-,20-/m0/s1. The van der Waals surface area contributed by atoms with Gasteiger partial charge >= 0.3 is 5.97 Å². The van der Waals surface area contributed by atoms with Gasteiger partial charge in [-0.3, -0.25) is 95.9 Å². The molecule has 0 fully saturated rings. The Morgan fingerprint density at radius 1 is 0.259 bits per heavy atom. The number of primary amides is 6. The third-order valence-corrected chi connectivity index (χ3v) is 9.52. The molecule has 0 aliphatic heterocycles. The van der Waals surface area contributed by atoms with Gasteiger partial charge in [-0.25, -0.2) is 0 Å². The Labute approximate surface area is 455 Å². The minimum absolute atomic E-state index is 0.408. The van der Waals surface area contributed by atoms with E-state index in [4.69, 9.17) is 45.2 Å². The summed E-state index contributed by atoms with van der Waals surface area (Å²) in [5.41, 5.74) is 36.1. The number of carboxylic acid groups (broad SMARTS) is 1. The molecule has 0 saturated carbocycles. The lowest BCUT2D eigenvalue weighted by atomic mass is 10.1. The summed E-state index contributed by atoms with van der Waals surface area (Å²) in [6, 6.07) is -11.6. The lowest BCUT2D eigenvalue weighted by molar-refractivity contribution is -0.139. The lowest BCUT2D eigenvalue weighted by Crippen LogP contribution is -2.59. The maximum Gasteiger partial charge on any atom is 0.322 e. The van der Waals surface area contributed by atoms with E-state index < -0.39 is 245 Å². The Morgan fingerprint density at radius 3 is 0.691 bits per heavy atom. The fourth-order valence-electron chi connectivity index (χ4n) is 5.84. The van der Waals surface area contributed by atoms with Crippen LogP contribution in [0.3, 0.4) is 0 Å². The molecule has 0 heterocycles. The summed E-state index contributed by atoms with van der Waals surface area (Å²) in [5.74, 6) is -23.7. The first kappa shape index (κ1) is 70.4. The molecule has 81 heavy (non-hydrogen) atoms. The number of nitrogens with two attached hydrogens (primary N) is 7. The van der Waals surface area contributed by atoms with Crippen LogP contribution in [-0.2, 0) is 95.9 Å². The van der Waals surface area contributed by atoms with Gasteiger partial charge in [-0.05, 0) is 0 Å². The van der Waals surface area contributed by atoms with Crippen LogP contribution in [0.1, 0.15) is 38.5 Å². The zero-order valence-corrected chi connectivity index (χ0v) is 42.5. The van der Waals surface area contributed by atoms with Crippen LogP contribution in [0, 0.1) is 0 Å². The van der Waals surface area contributed by atoms with Crippen LogP contribution >= 0.6 is 0 Å². The molecule has 0 aromatic carbocycles. The zero-order valence-electron chi connectivity index (χ0n) is 42.5. The molecule has 0 aliphatic carbocycles. The van der Waals surface area contributed by atoms with Crippen molar-refractivity contribution in [2.24, 2.45) is 40.1 Å². The molecule has 0 radical (unpaired) electrons. The van der Waals surface area contributed by atoms with E-state index in [2.05, 4.69) is 16.0 Å². The van der Waals surface area contributed by atoms with Gasteiger partial charge in [0, 0.05) is 0 Å². The van der Waals surface area contributed by atoms with Crippen molar-refractivity contribution in [3.8, 4) is 0 Å². The molecule has 0 spiro atoms. The maximum atomic E-state index is 13.3. The highest BCUT2D eigenvalue weighted by Crippen LogP contribution is 2.03. The van der Waals surface area contributed by atoms with Crippen molar-refractivity contribution in [2.75, 3.05) is 52.4 Å². The highest BCUT2D eigenvalue weighted by molar-refractivity contribution is 6.01. The molecule has 0 rings (SSSR count). The minimum Gasteiger partial charge on any atom is -0.480 e. The Bertz CT molecular complexity index is 2470. The van der Waals surface area contributed by atoms with Crippen LogP contribution < -0.4 is 109 Å². The second-order valence-corrected chi connectivity index (χ2v) is 16.4. The van der Waals surface area contributed by atoms with Gasteiger partial charge in [-0.1, -0.05) is 0 Å². The van der Waals surface area contributed by atoms with Crippen molar-refractivity contribution < 1.29 is 101 Å². The summed E-state index contributed by atoms with van der Waals surface area (Å²) in [7, 11) is 0. The number of aliphatic carboxylic acids is 1. The SMILES string of the molecule is NCC(=O)NCC(=O)NCC(=O)NCC(=O)N[C@@H](CC(N)=O)C(=O)N[C@@H](CC(N)=O)C(=O)N[C@@H](CC(N)=O)C(=O)NCC(=O)NCC(=O)NCC(=O)N[C@@H](CC(N)=O)C(=O)N[C@@H](CC(N)=O)C(=O)N[C@@H](CC(N)=O)C(=O)NCC(=O)O. The number of carboxylic acids is 1. The van der Waals surface area contributed by atoms with Crippen molar-refractivity contribution in [3.05, 3.63) is 0 Å². The summed E-state index contributed by atoms with van der Waals surface area (Å²) in [5, 5.41) is 35.1. The summed E-state index contributed by atoms with van der Waals surface area (Å²) in [4.78, 5) is 245. The van der Waals surface area contributed by atoms with E-state index in [1.54, 1.807) is 0 Å². The largest absolute Gasteiger partial charge is 0.480 e. The molecule has 0 saturated heterocycles. The number of carbonyl (C=O) groups excluding carboxylic acids is 19. The smallest absolute Gasteiger partial charge is 0.322 e. The normalized spacial score (nSPS) is 12.5. The maximum absolute atomic E-state index is 13.3. The van der Waals surface area contributed by atoms with E-state index in [0.29, 0.717) is 0 Å². The Hall–Kier alpha value is -10.6. The molecule has 0 bridgehead atoms. The first-order chi connectivity index (χ1) is 37.7. The van der Waals surface area contributed by atoms with Crippen molar-refractivity contribution >= 4 is 118 Å². The molecular weight excluding hydrogens is 1100 g/mol. The van der Waals surface area contributed by atoms with Gasteiger partial charge in [0.1, 0.15) is 42.8 Å². The van der Waals surface area contributed by atoms with E-state index in [1.807, 2.05) is 53.2 Å². The topological polar surface area (TPSA) is 700 Å². The van der Waals surface area contributed by atoms with Gasteiger partial charge in [0.05, 0.1) is 84.3 Å². The Kier molecular flexibility index (Phi) is 31.6. The third kappa shape index (κ3) is 32.5. The van der Waals surface area contributed by atoms with E-state index in [1.165, 1.54) is 0 Å². The first-order valence-electron chi connectivity index (χ1n) is 23.0. The van der Waals surface area contributed by atoms with Crippen LogP contribution in [0.25, 0.3) is 0 Å². The molecule has 0 aromatic heterocycles. The van der Waals surface area contributed by atoms with Gasteiger partial charge in [0.15, 0.2) is 0 Å². The number of carbonyl (C=O) groups is 20. The van der Waals surface area contributed by atoms with Crippen LogP contribution in [0.5, 0.6) is 0 Å². The number of amides is 19. The van der Waals surface area contributed by atoms with Gasteiger partial charge in [-0.2, -0.15) is 0 Å². The van der Waals surface area contributed by atoms with E-state index in [9.17, 15) is 95.9 Å². The van der Waals surface area contributed by atoms with E-state index in [-0.39, 0.29) is 0 Å². The highest BCUT2D eigenvalue weighted by Gasteiger charge is 2.34. The van der Waals surface area contributed by atoms with Gasteiger partial charge in [-0.15, -0.1) is 0 Å². The molecular formula is C40H62N20O21. The molecule has 0 aliphatic rings. The first-order valence-corrected chi connectivity index (χ1v) is 23.0. The molecule has 28 N–H and O–H groups in total. The van der Waals surface area contributed by atoms with Gasteiger partial charge in [0.25, 0.3) is 0 Å². The number of rotatable bonds is 39. The molecule has 41 nitrogen and oxygen atoms in total. The summed E-state index contributed by atoms with van der Waals surface area (Å²) >= 11 is 0. The van der Waals surface area contributed by atoms with Gasteiger partial charge in [0.2, 0.25) is 112 Å². The quantitative estimate of drug-likeness (QED) is 0.0272. The summed E-state index contributed by atoms with van der Waals surface area (Å²) in [6.45, 7) is -6.30. The van der Waals surface area contributed by atoms with Crippen LogP contribution in [0.2, 0.25) is 0 Å². The highest BCUT2D eigenvalue weighted by atomic mass is 16.4. The fourth-order valence-corrected chi connectivity index (χ4v) is 5.84. The molecule has 448 valence electrons. The Balaban J connectivity index is 5.65. The number of nitrogens with one attached hydrogen (secondary N) is 13. The average Bonchev–Trinajstić information content (AvgIpc) is 3.36. The van der Waals surface area contributed by atoms with E-state index >= 15 is 0 Å². The third-order valence-electron chi connectivity index (χ3n) is 9.52. The van der Waals surface area contributed by atoms with E-state index in [0.717, 1.165) is 0 Å². The number of hydrogen-bond acceptors (Lipinski definition) is 21. The predicted molar refractivity (Wildman–Crippen MR) is 262 cm³/mol. The summed E-state index contributed by atoms with van der Waals surface area (Å²) in [6.07, 6.45) is -5.77. The van der Waals surface area contributed by atoms with Crippen LogP contribution in [-0.4, -0.2) is 212 Å². The Morgan fingerprint density at radius 2 is 0.457 bits per heavy atom. The second kappa shape index (κ2) is 36.4. The predicted octanol–water partition coefficient (Wildman–Crippen LogP) is -17.0. The van der Waals surface area contributed by atoms with Crippen molar-refractivity contribution in [1.29, 1.82) is 0 Å². The van der Waals surface area contributed by atoms with Crippen LogP contribution in [0.4, 0.5) is 0 Å². The molecule has 41 heteroatoms. The lowest BCUT2D eigenvalue weighted by Gasteiger charge is -2.24. The monoisotopic (exact) mass is 1160 g/mol. The molecule has 0 unspecified atom stereocenters.